The molecule has 1 amide bonds. The van der Waals surface area contributed by atoms with Crippen LogP contribution in [0, 0.1) is 0 Å². The zero-order valence-electron chi connectivity index (χ0n) is 13.6. The summed E-state index contributed by atoms with van der Waals surface area (Å²) in [5, 5.41) is 5.51. The molecule has 25 heavy (non-hydrogen) atoms. The van der Waals surface area contributed by atoms with E-state index >= 15 is 0 Å². The van der Waals surface area contributed by atoms with E-state index in [1.807, 2.05) is 0 Å². The van der Waals surface area contributed by atoms with Crippen LogP contribution < -0.4 is 10.6 Å². The Morgan fingerprint density at radius 3 is 2.68 bits per heavy atom. The molecule has 0 atom stereocenters. The first kappa shape index (κ1) is 18.7. The fraction of sp³-hybridized carbons (Fsp3) is 0.294. The summed E-state index contributed by atoms with van der Waals surface area (Å²) in [7, 11) is 1.59. The summed E-state index contributed by atoms with van der Waals surface area (Å²) >= 11 is 0. The van der Waals surface area contributed by atoms with Gasteiger partial charge in [-0.25, -0.2) is 4.98 Å². The number of carbonyl (C=O) groups excluding carboxylic acids is 1. The lowest BCUT2D eigenvalue weighted by Gasteiger charge is -2.10. The number of hydrogen-bond donors (Lipinski definition) is 2. The molecule has 0 saturated carbocycles. The molecule has 5 nitrogen and oxygen atoms in total. The van der Waals surface area contributed by atoms with Crippen molar-refractivity contribution in [2.45, 2.75) is 12.6 Å². The lowest BCUT2D eigenvalue weighted by molar-refractivity contribution is -0.137. The van der Waals surface area contributed by atoms with Gasteiger partial charge < -0.3 is 15.4 Å². The molecule has 1 heterocycles. The average molecular weight is 353 g/mol. The first-order valence-corrected chi connectivity index (χ1v) is 7.57. The van der Waals surface area contributed by atoms with Crippen molar-refractivity contribution < 1.29 is 22.7 Å². The van der Waals surface area contributed by atoms with Crippen molar-refractivity contribution in [1.82, 2.24) is 10.3 Å². The zero-order valence-corrected chi connectivity index (χ0v) is 13.6. The van der Waals surface area contributed by atoms with Gasteiger partial charge in [0, 0.05) is 32.1 Å². The van der Waals surface area contributed by atoms with E-state index in [1.54, 1.807) is 13.2 Å². The standard InChI is InChI=1S/C17H18F3N3O2/c1-25-9-3-8-21-16(24)12-6-7-15(22-11-12)23-14-5-2-4-13(10-14)17(18,19)20/h2,4-7,10-11H,3,8-9H2,1H3,(H,21,24)(H,22,23). The first-order valence-electron chi connectivity index (χ1n) is 7.57. The maximum absolute atomic E-state index is 12.7. The molecule has 1 aromatic heterocycles. The van der Waals surface area contributed by atoms with Gasteiger partial charge in [0.15, 0.2) is 0 Å². The minimum absolute atomic E-state index is 0.263. The summed E-state index contributed by atoms with van der Waals surface area (Å²) in [6, 6.07) is 7.90. The highest BCUT2D eigenvalue weighted by Gasteiger charge is 2.30. The number of nitrogens with zero attached hydrogens (tertiary/aromatic N) is 1. The van der Waals surface area contributed by atoms with E-state index < -0.39 is 11.7 Å². The number of rotatable bonds is 7. The summed E-state index contributed by atoms with van der Waals surface area (Å²) in [5.41, 5.74) is -0.115. The number of amides is 1. The van der Waals surface area contributed by atoms with Crippen molar-refractivity contribution in [2.24, 2.45) is 0 Å². The van der Waals surface area contributed by atoms with E-state index in [4.69, 9.17) is 4.74 Å². The number of carbonyl (C=O) groups is 1. The first-order chi connectivity index (χ1) is 11.9. The van der Waals surface area contributed by atoms with Crippen LogP contribution in [0.5, 0.6) is 0 Å². The second-order valence-electron chi connectivity index (χ2n) is 5.24. The normalized spacial score (nSPS) is 11.2. The van der Waals surface area contributed by atoms with Gasteiger partial charge in [0.05, 0.1) is 11.1 Å². The SMILES string of the molecule is COCCCNC(=O)c1ccc(Nc2cccc(C(F)(F)F)c2)nc1. The second-order valence-corrected chi connectivity index (χ2v) is 5.24. The molecule has 0 aliphatic carbocycles. The maximum atomic E-state index is 12.7. The second kappa shape index (κ2) is 8.48. The van der Waals surface area contributed by atoms with Gasteiger partial charge in [0.1, 0.15) is 5.82 Å². The highest BCUT2D eigenvalue weighted by atomic mass is 19.4. The van der Waals surface area contributed by atoms with Gasteiger partial charge in [-0.1, -0.05) is 6.07 Å². The van der Waals surface area contributed by atoms with Gasteiger partial charge in [0.25, 0.3) is 5.91 Å². The Labute approximate surface area is 143 Å². The van der Waals surface area contributed by atoms with Gasteiger partial charge in [-0.3, -0.25) is 4.79 Å². The molecule has 2 aromatic rings. The Kier molecular flexibility index (Phi) is 6.35. The lowest BCUT2D eigenvalue weighted by atomic mass is 10.2. The third-order valence-corrected chi connectivity index (χ3v) is 3.30. The third kappa shape index (κ3) is 5.75. The number of nitrogens with one attached hydrogen (secondary N) is 2. The number of hydrogen-bond acceptors (Lipinski definition) is 4. The van der Waals surface area contributed by atoms with Crippen LogP contribution in [0.15, 0.2) is 42.6 Å². The third-order valence-electron chi connectivity index (χ3n) is 3.30. The summed E-state index contributed by atoms with van der Waals surface area (Å²) < 4.78 is 43.0. The number of pyridine rings is 1. The molecule has 0 spiro atoms. The van der Waals surface area contributed by atoms with Crippen molar-refractivity contribution in [2.75, 3.05) is 25.6 Å². The topological polar surface area (TPSA) is 63.2 Å². The van der Waals surface area contributed by atoms with Crippen molar-refractivity contribution in [3.05, 3.63) is 53.7 Å². The molecule has 1 aromatic carbocycles. The molecule has 2 N–H and O–H groups in total. The van der Waals surface area contributed by atoms with Gasteiger partial charge in [-0.2, -0.15) is 13.2 Å². The fourth-order valence-corrected chi connectivity index (χ4v) is 2.04. The molecule has 134 valence electrons. The number of aromatic nitrogens is 1. The van der Waals surface area contributed by atoms with Crippen molar-refractivity contribution in [1.29, 1.82) is 0 Å². The monoisotopic (exact) mass is 353 g/mol. The Hall–Kier alpha value is -2.61. The van der Waals surface area contributed by atoms with Gasteiger partial charge >= 0.3 is 6.18 Å². The maximum Gasteiger partial charge on any atom is 0.416 e. The minimum Gasteiger partial charge on any atom is -0.385 e. The summed E-state index contributed by atoms with van der Waals surface area (Å²) in [6.07, 6.45) is -2.34. The van der Waals surface area contributed by atoms with E-state index in [0.717, 1.165) is 12.1 Å². The number of methoxy groups -OCH3 is 1. The number of anilines is 2. The summed E-state index contributed by atoms with van der Waals surface area (Å²) in [5.74, 6) is 0.0736. The lowest BCUT2D eigenvalue weighted by Crippen LogP contribution is -2.25. The molecule has 2 rings (SSSR count). The summed E-state index contributed by atoms with van der Waals surface area (Å²) in [6.45, 7) is 1.04. The quantitative estimate of drug-likeness (QED) is 0.747. The number of alkyl halides is 3. The predicted molar refractivity (Wildman–Crippen MR) is 87.8 cm³/mol. The molecular weight excluding hydrogens is 335 g/mol. The Morgan fingerprint density at radius 1 is 1.24 bits per heavy atom. The van der Waals surface area contributed by atoms with Crippen molar-refractivity contribution in [3.63, 3.8) is 0 Å². The molecule has 0 aliphatic heterocycles. The molecular formula is C17H18F3N3O2. The van der Waals surface area contributed by atoms with Crippen LogP contribution in [0.25, 0.3) is 0 Å². The zero-order chi connectivity index (χ0) is 18.3. The van der Waals surface area contributed by atoms with E-state index in [1.165, 1.54) is 24.4 Å². The molecule has 0 unspecified atom stereocenters. The van der Waals surface area contributed by atoms with E-state index in [2.05, 4.69) is 15.6 Å². The van der Waals surface area contributed by atoms with Gasteiger partial charge in [-0.15, -0.1) is 0 Å². The van der Waals surface area contributed by atoms with Crippen LogP contribution in [0.1, 0.15) is 22.3 Å². The molecule has 0 radical (unpaired) electrons. The van der Waals surface area contributed by atoms with Gasteiger partial charge in [-0.05, 0) is 36.8 Å². The highest BCUT2D eigenvalue weighted by Crippen LogP contribution is 2.31. The number of ether oxygens (including phenoxy) is 1. The molecule has 0 fully saturated rings. The Balaban J connectivity index is 1.97. The van der Waals surface area contributed by atoms with E-state index in [0.29, 0.717) is 31.0 Å². The molecule has 8 heteroatoms. The Bertz CT molecular complexity index is 703. The van der Waals surface area contributed by atoms with Crippen molar-refractivity contribution in [3.8, 4) is 0 Å². The van der Waals surface area contributed by atoms with Crippen molar-refractivity contribution >= 4 is 17.4 Å². The smallest absolute Gasteiger partial charge is 0.385 e. The average Bonchev–Trinajstić information content (AvgIpc) is 2.59. The summed E-state index contributed by atoms with van der Waals surface area (Å²) in [4.78, 5) is 15.9. The molecule has 0 bridgehead atoms. The van der Waals surface area contributed by atoms with E-state index in [9.17, 15) is 18.0 Å². The van der Waals surface area contributed by atoms with Crippen LogP contribution in [0.2, 0.25) is 0 Å². The van der Waals surface area contributed by atoms with Crippen LogP contribution in [-0.4, -0.2) is 31.2 Å². The van der Waals surface area contributed by atoms with Crippen LogP contribution in [-0.2, 0) is 10.9 Å². The minimum atomic E-state index is -4.41. The Morgan fingerprint density at radius 2 is 2.04 bits per heavy atom. The van der Waals surface area contributed by atoms with E-state index in [-0.39, 0.29) is 11.6 Å². The van der Waals surface area contributed by atoms with Crippen LogP contribution >= 0.6 is 0 Å². The molecule has 0 aliphatic rings. The number of benzene rings is 1. The highest BCUT2D eigenvalue weighted by molar-refractivity contribution is 5.94. The van der Waals surface area contributed by atoms with Crippen LogP contribution in [0.3, 0.4) is 0 Å². The number of halogens is 3. The molecule has 0 saturated heterocycles. The van der Waals surface area contributed by atoms with Crippen LogP contribution in [0.4, 0.5) is 24.7 Å². The van der Waals surface area contributed by atoms with Gasteiger partial charge in [0.2, 0.25) is 0 Å². The predicted octanol–water partition coefficient (Wildman–Crippen LogP) is 3.61. The largest absolute Gasteiger partial charge is 0.416 e. The fourth-order valence-electron chi connectivity index (χ4n) is 2.04.